The van der Waals surface area contributed by atoms with Crippen molar-refractivity contribution in [2.45, 2.75) is 52.6 Å². The van der Waals surface area contributed by atoms with Gasteiger partial charge in [-0.2, -0.15) is 0 Å². The molecule has 236 valence electrons. The summed E-state index contributed by atoms with van der Waals surface area (Å²) in [5, 5.41) is 12.6. The molecule has 11 nitrogen and oxygen atoms in total. The first-order chi connectivity index (χ1) is 20.7. The normalized spacial score (nSPS) is 23.5. The van der Waals surface area contributed by atoms with Crippen LogP contribution in [0.5, 0.6) is 0 Å². The molecule has 0 spiro atoms. The fourth-order valence-electron chi connectivity index (χ4n) is 6.09. The zero-order valence-electron chi connectivity index (χ0n) is 25.0. The Morgan fingerprint density at radius 1 is 1.27 bits per heavy atom. The van der Waals surface area contributed by atoms with Crippen molar-refractivity contribution in [1.82, 2.24) is 20.1 Å². The second kappa shape index (κ2) is 11.4. The summed E-state index contributed by atoms with van der Waals surface area (Å²) in [4.78, 5) is 49.9. The molecule has 3 unspecified atom stereocenters. The number of carbonyl (C=O) groups excluding carboxylic acids is 2. The summed E-state index contributed by atoms with van der Waals surface area (Å²) in [5.74, 6) is -7.78. The average Bonchev–Trinajstić information content (AvgIpc) is 3.59. The summed E-state index contributed by atoms with van der Waals surface area (Å²) >= 11 is 0. The van der Waals surface area contributed by atoms with Crippen LogP contribution in [0.4, 0.5) is 13.2 Å². The van der Waals surface area contributed by atoms with Crippen LogP contribution in [-0.2, 0) is 19.1 Å². The standard InChI is InChI=1S/C30H34F3N5O6/c1-6-43-27(40)21-19(10-37-13-30(32,33)22-20(37)11-38(26(22)39)12-29(4,5)28(41)42)35-25(23-16(3)44-14-34-23)36-24(21)17-8-7-9-18(31)15(17)2/h7-9,14,20,22,24H,6,10-13H2,1-5H3,(H,35,36)(H,41,42). The largest absolute Gasteiger partial charge is 0.481 e. The van der Waals surface area contributed by atoms with Crippen LogP contribution >= 0.6 is 0 Å². The van der Waals surface area contributed by atoms with E-state index < -0.39 is 59.5 Å². The summed E-state index contributed by atoms with van der Waals surface area (Å²) in [7, 11) is 0. The highest BCUT2D eigenvalue weighted by atomic mass is 19.3. The number of carboxylic acid groups (broad SMARTS) is 1. The van der Waals surface area contributed by atoms with E-state index >= 15 is 8.78 Å². The van der Waals surface area contributed by atoms with E-state index in [4.69, 9.17) is 14.1 Å². The molecule has 1 amide bonds. The number of hydrogen-bond donors (Lipinski definition) is 2. The third kappa shape index (κ3) is 5.46. The molecule has 4 heterocycles. The summed E-state index contributed by atoms with van der Waals surface area (Å²) in [6, 6.07) is 2.35. The highest BCUT2D eigenvalue weighted by Gasteiger charge is 2.63. The van der Waals surface area contributed by atoms with Gasteiger partial charge in [-0.1, -0.05) is 12.1 Å². The van der Waals surface area contributed by atoms with E-state index in [0.717, 1.165) is 0 Å². The molecule has 2 fully saturated rings. The summed E-state index contributed by atoms with van der Waals surface area (Å²) in [6.45, 7) is 6.32. The van der Waals surface area contributed by atoms with Crippen LogP contribution in [0.3, 0.4) is 0 Å². The molecule has 0 radical (unpaired) electrons. The number of rotatable bonds is 9. The first kappa shape index (κ1) is 31.2. The van der Waals surface area contributed by atoms with Crippen molar-refractivity contribution in [3.8, 4) is 0 Å². The number of esters is 1. The molecule has 0 aliphatic carbocycles. The average molecular weight is 618 g/mol. The number of carboxylic acids is 1. The number of carbonyl (C=O) groups is 3. The molecule has 1 aromatic carbocycles. The van der Waals surface area contributed by atoms with Crippen molar-refractivity contribution < 1.29 is 41.8 Å². The number of hydrogen-bond acceptors (Lipinski definition) is 9. The Morgan fingerprint density at radius 3 is 2.64 bits per heavy atom. The fourth-order valence-corrected chi connectivity index (χ4v) is 6.09. The molecular formula is C30H34F3N5O6. The number of likely N-dealkylation sites (tertiary alicyclic amines) is 2. The van der Waals surface area contributed by atoms with Gasteiger partial charge in [0.15, 0.2) is 12.2 Å². The monoisotopic (exact) mass is 617 g/mol. The number of oxazole rings is 1. The summed E-state index contributed by atoms with van der Waals surface area (Å²) < 4.78 is 56.4. The molecular weight excluding hydrogens is 583 g/mol. The maximum absolute atomic E-state index is 15.5. The first-order valence-corrected chi connectivity index (χ1v) is 14.2. The van der Waals surface area contributed by atoms with E-state index in [0.29, 0.717) is 17.0 Å². The van der Waals surface area contributed by atoms with Crippen LogP contribution in [-0.4, -0.2) is 88.3 Å². The second-order valence-corrected chi connectivity index (χ2v) is 11.9. The van der Waals surface area contributed by atoms with Gasteiger partial charge in [0.05, 0.1) is 24.1 Å². The smallest absolute Gasteiger partial charge is 0.338 e. The van der Waals surface area contributed by atoms with E-state index in [1.165, 1.54) is 42.2 Å². The molecule has 3 aliphatic heterocycles. The number of halogens is 3. The van der Waals surface area contributed by atoms with Crippen molar-refractivity contribution >= 4 is 23.7 Å². The third-order valence-electron chi connectivity index (χ3n) is 8.43. The van der Waals surface area contributed by atoms with Crippen LogP contribution < -0.4 is 5.32 Å². The van der Waals surface area contributed by atoms with E-state index in [1.807, 2.05) is 0 Å². The molecule has 2 N–H and O–H groups in total. The predicted octanol–water partition coefficient (Wildman–Crippen LogP) is 3.23. The van der Waals surface area contributed by atoms with Crippen LogP contribution in [0, 0.1) is 31.0 Å². The van der Waals surface area contributed by atoms with Gasteiger partial charge < -0.3 is 24.5 Å². The van der Waals surface area contributed by atoms with E-state index in [1.54, 1.807) is 26.8 Å². The lowest BCUT2D eigenvalue weighted by atomic mass is 9.91. The van der Waals surface area contributed by atoms with Crippen molar-refractivity contribution in [3.05, 3.63) is 64.3 Å². The Kier molecular flexibility index (Phi) is 8.08. The number of benzene rings is 1. The van der Waals surface area contributed by atoms with E-state index in [2.05, 4.69) is 10.3 Å². The number of nitrogens with zero attached hydrogens (tertiary/aromatic N) is 4. The Bertz CT molecular complexity index is 1570. The van der Waals surface area contributed by atoms with Gasteiger partial charge in [-0.25, -0.2) is 22.9 Å². The molecule has 3 aliphatic rings. The van der Waals surface area contributed by atoms with Gasteiger partial charge in [-0.3, -0.25) is 19.5 Å². The van der Waals surface area contributed by atoms with Gasteiger partial charge in [0, 0.05) is 31.4 Å². The summed E-state index contributed by atoms with van der Waals surface area (Å²) in [5.41, 5.74) is -0.245. The van der Waals surface area contributed by atoms with Crippen molar-refractivity contribution in [1.29, 1.82) is 0 Å². The Hall–Kier alpha value is -4.20. The van der Waals surface area contributed by atoms with Gasteiger partial charge in [-0.05, 0) is 51.8 Å². The molecule has 3 atom stereocenters. The minimum atomic E-state index is -3.42. The quantitative estimate of drug-likeness (QED) is 0.407. The van der Waals surface area contributed by atoms with Crippen LogP contribution in [0.1, 0.15) is 49.4 Å². The Labute approximate surface area is 251 Å². The molecule has 0 bridgehead atoms. The third-order valence-corrected chi connectivity index (χ3v) is 8.43. The lowest BCUT2D eigenvalue weighted by Gasteiger charge is -2.32. The number of aromatic nitrogens is 1. The molecule has 44 heavy (non-hydrogen) atoms. The number of amidine groups is 1. The molecule has 14 heteroatoms. The number of aliphatic imine (C=N–C) groups is 1. The lowest BCUT2D eigenvalue weighted by molar-refractivity contribution is -0.150. The Balaban J connectivity index is 1.58. The lowest BCUT2D eigenvalue weighted by Crippen LogP contribution is -2.45. The minimum absolute atomic E-state index is 0.00500. The molecule has 1 aromatic heterocycles. The minimum Gasteiger partial charge on any atom is -0.481 e. The van der Waals surface area contributed by atoms with Crippen LogP contribution in [0.25, 0.3) is 0 Å². The number of nitrogens with one attached hydrogen (secondary N) is 1. The topological polar surface area (TPSA) is 138 Å². The number of alkyl halides is 2. The fraction of sp³-hybridized carbons (Fsp3) is 0.500. The second-order valence-electron chi connectivity index (χ2n) is 11.9. The number of aryl methyl sites for hydroxylation is 1. The maximum atomic E-state index is 15.5. The van der Waals surface area contributed by atoms with Crippen molar-refractivity contribution in [3.63, 3.8) is 0 Å². The van der Waals surface area contributed by atoms with E-state index in [9.17, 15) is 23.9 Å². The number of amides is 1. The highest BCUT2D eigenvalue weighted by Crippen LogP contribution is 2.45. The number of fused-ring (bicyclic) bond motifs is 1. The maximum Gasteiger partial charge on any atom is 0.338 e. The zero-order valence-corrected chi connectivity index (χ0v) is 25.0. The first-order valence-electron chi connectivity index (χ1n) is 14.2. The Morgan fingerprint density at radius 2 is 2.00 bits per heavy atom. The van der Waals surface area contributed by atoms with Gasteiger partial charge in [-0.15, -0.1) is 0 Å². The SMILES string of the molecule is CCOC(=O)C1=C(CN2CC(F)(F)C3C(=O)N(CC(C)(C)C(=O)O)CC32)NC(c2ncoc2C)=NC1c1cccc(F)c1C. The van der Waals surface area contributed by atoms with Gasteiger partial charge in [0.2, 0.25) is 5.91 Å². The van der Waals surface area contributed by atoms with Crippen LogP contribution in [0.2, 0.25) is 0 Å². The number of aliphatic carboxylic acids is 1. The molecule has 2 aromatic rings. The van der Waals surface area contributed by atoms with Crippen LogP contribution in [0.15, 0.2) is 45.3 Å². The highest BCUT2D eigenvalue weighted by molar-refractivity contribution is 6.03. The van der Waals surface area contributed by atoms with Gasteiger partial charge in [0.25, 0.3) is 5.92 Å². The van der Waals surface area contributed by atoms with Gasteiger partial charge in [0.1, 0.15) is 29.2 Å². The molecule has 2 saturated heterocycles. The molecule has 0 saturated carbocycles. The van der Waals surface area contributed by atoms with Crippen molar-refractivity contribution in [2.24, 2.45) is 16.3 Å². The predicted molar refractivity (Wildman–Crippen MR) is 150 cm³/mol. The van der Waals surface area contributed by atoms with Crippen molar-refractivity contribution in [2.75, 3.05) is 32.8 Å². The van der Waals surface area contributed by atoms with Gasteiger partial charge >= 0.3 is 11.9 Å². The van der Waals surface area contributed by atoms with E-state index in [-0.39, 0.29) is 48.9 Å². The number of ether oxygens (including phenoxy) is 1. The zero-order chi connectivity index (χ0) is 32.1. The molecule has 5 rings (SSSR count). The summed E-state index contributed by atoms with van der Waals surface area (Å²) in [6.07, 6.45) is 1.21.